The van der Waals surface area contributed by atoms with Crippen LogP contribution in [0.3, 0.4) is 0 Å². The highest BCUT2D eigenvalue weighted by molar-refractivity contribution is 8.13. The standard InChI is InChI=1S/C3H7N3O2S/c1-9-3(5-4)2-6(7)8/h2,4H2,1H3. The zero-order chi connectivity index (χ0) is 7.28. The van der Waals surface area contributed by atoms with Crippen molar-refractivity contribution in [3.8, 4) is 0 Å². The average Bonchev–Trinajstić information content (AvgIpc) is 1.82. The van der Waals surface area contributed by atoms with Gasteiger partial charge in [0.15, 0.2) is 5.04 Å². The summed E-state index contributed by atoms with van der Waals surface area (Å²) >= 11 is 1.18. The molecule has 0 aliphatic heterocycles. The van der Waals surface area contributed by atoms with Gasteiger partial charge in [0.05, 0.1) is 0 Å². The van der Waals surface area contributed by atoms with Crippen molar-refractivity contribution < 1.29 is 4.92 Å². The van der Waals surface area contributed by atoms with E-state index in [4.69, 9.17) is 5.84 Å². The Hall–Kier alpha value is -0.780. The first-order valence-electron chi connectivity index (χ1n) is 2.13. The minimum atomic E-state index is -0.470. The van der Waals surface area contributed by atoms with Crippen LogP contribution < -0.4 is 5.84 Å². The molecule has 0 saturated heterocycles. The lowest BCUT2D eigenvalue weighted by Crippen LogP contribution is -2.11. The summed E-state index contributed by atoms with van der Waals surface area (Å²) < 4.78 is 0. The third-order valence-corrected chi connectivity index (χ3v) is 1.35. The largest absolute Gasteiger partial charge is 0.322 e. The first kappa shape index (κ1) is 8.22. The van der Waals surface area contributed by atoms with Gasteiger partial charge < -0.3 is 5.84 Å². The second-order valence-corrected chi connectivity index (χ2v) is 2.10. The number of nitrogens with zero attached hydrogens (tertiary/aromatic N) is 2. The molecule has 0 bridgehead atoms. The van der Waals surface area contributed by atoms with Gasteiger partial charge in [-0.3, -0.25) is 10.1 Å². The molecular formula is C3H7N3O2S. The van der Waals surface area contributed by atoms with Crippen LogP contribution in [-0.2, 0) is 0 Å². The van der Waals surface area contributed by atoms with Crippen LogP contribution >= 0.6 is 11.8 Å². The molecule has 0 atom stereocenters. The number of hydrogen-bond donors (Lipinski definition) is 1. The predicted molar refractivity (Wildman–Crippen MR) is 37.0 cm³/mol. The van der Waals surface area contributed by atoms with Gasteiger partial charge in [-0.25, -0.2) is 0 Å². The van der Waals surface area contributed by atoms with Crippen LogP contribution in [0.25, 0.3) is 0 Å². The molecule has 0 spiro atoms. The van der Waals surface area contributed by atoms with Crippen molar-refractivity contribution in [2.24, 2.45) is 10.9 Å². The highest BCUT2D eigenvalue weighted by atomic mass is 32.2. The molecule has 0 fully saturated rings. The van der Waals surface area contributed by atoms with Crippen molar-refractivity contribution in [3.63, 3.8) is 0 Å². The zero-order valence-electron chi connectivity index (χ0n) is 4.90. The number of nitrogens with two attached hydrogens (primary N) is 1. The van der Waals surface area contributed by atoms with Gasteiger partial charge in [0, 0.05) is 4.92 Å². The molecule has 0 heterocycles. The molecule has 5 nitrogen and oxygen atoms in total. The van der Waals surface area contributed by atoms with Crippen LogP contribution in [-0.4, -0.2) is 22.8 Å². The quantitative estimate of drug-likeness (QED) is 0.195. The second-order valence-electron chi connectivity index (χ2n) is 1.22. The monoisotopic (exact) mass is 149 g/mol. The Morgan fingerprint density at radius 1 is 2.00 bits per heavy atom. The van der Waals surface area contributed by atoms with E-state index >= 15 is 0 Å². The molecule has 6 heteroatoms. The number of rotatable bonds is 2. The smallest absolute Gasteiger partial charge is 0.253 e. The predicted octanol–water partition coefficient (Wildman–Crippen LogP) is -0.102. The minimum absolute atomic E-state index is 0.280. The molecule has 0 aliphatic carbocycles. The van der Waals surface area contributed by atoms with E-state index in [-0.39, 0.29) is 6.54 Å². The molecule has 0 amide bonds. The van der Waals surface area contributed by atoms with Gasteiger partial charge in [0.1, 0.15) is 0 Å². The summed E-state index contributed by atoms with van der Waals surface area (Å²) in [5.74, 6) is 4.79. The van der Waals surface area contributed by atoms with Gasteiger partial charge in [-0.2, -0.15) is 5.10 Å². The van der Waals surface area contributed by atoms with Crippen molar-refractivity contribution in [2.75, 3.05) is 12.8 Å². The molecule has 0 rings (SSSR count). The fourth-order valence-electron chi connectivity index (χ4n) is 0.269. The van der Waals surface area contributed by atoms with E-state index in [0.717, 1.165) is 0 Å². The van der Waals surface area contributed by atoms with Gasteiger partial charge in [-0.15, -0.1) is 11.8 Å². The van der Waals surface area contributed by atoms with Crippen molar-refractivity contribution >= 4 is 16.8 Å². The Morgan fingerprint density at radius 3 is 2.67 bits per heavy atom. The summed E-state index contributed by atoms with van der Waals surface area (Å²) in [7, 11) is 0. The van der Waals surface area contributed by atoms with Gasteiger partial charge in [-0.1, -0.05) is 0 Å². The molecule has 0 aromatic heterocycles. The lowest BCUT2D eigenvalue weighted by Gasteiger charge is -1.91. The second kappa shape index (κ2) is 4.13. The summed E-state index contributed by atoms with van der Waals surface area (Å²) in [6, 6.07) is 0. The van der Waals surface area contributed by atoms with Gasteiger partial charge in [0.25, 0.3) is 6.54 Å². The average molecular weight is 149 g/mol. The maximum atomic E-state index is 9.78. The van der Waals surface area contributed by atoms with Crippen LogP contribution in [0.4, 0.5) is 0 Å². The summed E-state index contributed by atoms with van der Waals surface area (Å²) in [4.78, 5) is 9.31. The topological polar surface area (TPSA) is 81.5 Å². The molecule has 0 radical (unpaired) electrons. The lowest BCUT2D eigenvalue weighted by molar-refractivity contribution is -0.462. The van der Waals surface area contributed by atoms with Crippen molar-refractivity contribution in [2.45, 2.75) is 0 Å². The molecule has 0 aliphatic rings. The van der Waals surface area contributed by atoms with E-state index in [1.807, 2.05) is 0 Å². The van der Waals surface area contributed by atoms with Gasteiger partial charge in [-0.05, 0) is 6.26 Å². The van der Waals surface area contributed by atoms with Crippen LogP contribution in [0.5, 0.6) is 0 Å². The molecule has 9 heavy (non-hydrogen) atoms. The highest BCUT2D eigenvalue weighted by Crippen LogP contribution is 1.95. The Morgan fingerprint density at radius 2 is 2.56 bits per heavy atom. The fourth-order valence-corrected chi connectivity index (χ4v) is 0.608. The van der Waals surface area contributed by atoms with Crippen molar-refractivity contribution in [1.29, 1.82) is 0 Å². The van der Waals surface area contributed by atoms with E-state index in [1.54, 1.807) is 6.26 Å². The zero-order valence-corrected chi connectivity index (χ0v) is 5.72. The maximum Gasteiger partial charge on any atom is 0.253 e. The first-order valence-corrected chi connectivity index (χ1v) is 3.35. The Kier molecular flexibility index (Phi) is 3.78. The summed E-state index contributed by atoms with van der Waals surface area (Å²) in [6.07, 6.45) is 1.69. The molecule has 0 saturated carbocycles. The van der Waals surface area contributed by atoms with Gasteiger partial charge >= 0.3 is 0 Å². The van der Waals surface area contributed by atoms with E-state index in [2.05, 4.69) is 5.10 Å². The van der Waals surface area contributed by atoms with Crippen LogP contribution in [0.1, 0.15) is 0 Å². The number of nitro groups is 1. The fraction of sp³-hybridized carbons (Fsp3) is 0.667. The van der Waals surface area contributed by atoms with Crippen LogP contribution in [0, 0.1) is 10.1 Å². The Labute approximate surface area is 56.5 Å². The van der Waals surface area contributed by atoms with E-state index in [1.165, 1.54) is 11.8 Å². The van der Waals surface area contributed by atoms with E-state index < -0.39 is 4.92 Å². The number of thioether (sulfide) groups is 1. The maximum absolute atomic E-state index is 9.78. The number of hydrazone groups is 1. The molecule has 52 valence electrons. The SMILES string of the molecule is CSC(C[N+](=O)[O-])=NN. The molecular weight excluding hydrogens is 142 g/mol. The van der Waals surface area contributed by atoms with Crippen molar-refractivity contribution in [3.05, 3.63) is 10.1 Å². The summed E-state index contributed by atoms with van der Waals surface area (Å²) in [5.41, 5.74) is 0. The normalized spacial score (nSPS) is 11.4. The molecule has 0 aromatic rings. The van der Waals surface area contributed by atoms with E-state index in [9.17, 15) is 10.1 Å². The van der Waals surface area contributed by atoms with E-state index in [0.29, 0.717) is 5.04 Å². The van der Waals surface area contributed by atoms with Crippen LogP contribution in [0.15, 0.2) is 5.10 Å². The molecule has 0 aromatic carbocycles. The number of hydrogen-bond acceptors (Lipinski definition) is 5. The third kappa shape index (κ3) is 3.77. The highest BCUT2D eigenvalue weighted by Gasteiger charge is 2.03. The minimum Gasteiger partial charge on any atom is -0.322 e. The first-order chi connectivity index (χ1) is 4.20. The van der Waals surface area contributed by atoms with Gasteiger partial charge in [0.2, 0.25) is 0 Å². The lowest BCUT2D eigenvalue weighted by atomic mass is 10.7. The van der Waals surface area contributed by atoms with Crippen molar-refractivity contribution in [1.82, 2.24) is 0 Å². The van der Waals surface area contributed by atoms with Crippen LogP contribution in [0.2, 0.25) is 0 Å². The summed E-state index contributed by atoms with van der Waals surface area (Å²) in [5, 5.41) is 13.3. The Balaban J connectivity index is 3.71. The summed E-state index contributed by atoms with van der Waals surface area (Å²) in [6.45, 7) is -0.280. The third-order valence-electron chi connectivity index (χ3n) is 0.644. The molecule has 0 unspecified atom stereocenters. The molecule has 2 N–H and O–H groups in total. The Bertz CT molecular complexity index is 135.